The molecule has 0 saturated carbocycles. The van der Waals surface area contributed by atoms with Gasteiger partial charge >= 0.3 is 11.9 Å². The Morgan fingerprint density at radius 1 is 1.08 bits per heavy atom. The lowest BCUT2D eigenvalue weighted by atomic mass is 10.2. The molecule has 130 valence electrons. The molecule has 2 aromatic rings. The highest BCUT2D eigenvalue weighted by molar-refractivity contribution is 6.33. The minimum Gasteiger partial charge on any atom is -0.459 e. The second-order valence-corrected chi connectivity index (χ2v) is 6.03. The van der Waals surface area contributed by atoms with E-state index in [1.165, 1.54) is 12.1 Å². The number of rotatable bonds is 5. The van der Waals surface area contributed by atoms with E-state index in [4.69, 9.17) is 25.8 Å². The molecule has 0 amide bonds. The Bertz CT molecular complexity index is 751. The number of esters is 2. The Morgan fingerprint density at radius 3 is 2.52 bits per heavy atom. The fraction of sp³-hybridized carbons (Fsp3) is 0.263. The lowest BCUT2D eigenvalue weighted by Crippen LogP contribution is -2.17. The maximum absolute atomic E-state index is 12.1. The molecule has 1 aliphatic heterocycles. The van der Waals surface area contributed by atoms with Gasteiger partial charge in [0.1, 0.15) is 12.4 Å². The van der Waals surface area contributed by atoms with Gasteiger partial charge in [-0.25, -0.2) is 9.59 Å². The van der Waals surface area contributed by atoms with Crippen LogP contribution in [0.2, 0.25) is 5.02 Å². The zero-order valence-electron chi connectivity index (χ0n) is 13.4. The number of hydrogen-bond donors (Lipinski definition) is 0. The molecule has 0 spiro atoms. The summed E-state index contributed by atoms with van der Waals surface area (Å²) in [5.41, 5.74) is 0.666. The molecular formula is C19H17ClO5. The van der Waals surface area contributed by atoms with Crippen LogP contribution in [0.15, 0.2) is 48.5 Å². The number of hydrogen-bond acceptors (Lipinski definition) is 5. The number of carbonyl (C=O) groups excluding carboxylic acids is 2. The summed E-state index contributed by atoms with van der Waals surface area (Å²) in [7, 11) is 0. The van der Waals surface area contributed by atoms with Crippen LogP contribution in [0.5, 0.6) is 5.75 Å². The van der Waals surface area contributed by atoms with Crippen molar-refractivity contribution in [3.8, 4) is 5.75 Å². The van der Waals surface area contributed by atoms with Gasteiger partial charge in [0.05, 0.1) is 22.3 Å². The van der Waals surface area contributed by atoms with Crippen LogP contribution >= 0.6 is 11.6 Å². The average Bonchev–Trinajstić information content (AvgIpc) is 3.14. The summed E-state index contributed by atoms with van der Waals surface area (Å²) in [4.78, 5) is 24.1. The zero-order chi connectivity index (χ0) is 17.6. The van der Waals surface area contributed by atoms with Crippen LogP contribution in [0.3, 0.4) is 0 Å². The average molecular weight is 361 g/mol. The van der Waals surface area contributed by atoms with Gasteiger partial charge in [0.25, 0.3) is 0 Å². The van der Waals surface area contributed by atoms with Gasteiger partial charge in [0.15, 0.2) is 0 Å². The quantitative estimate of drug-likeness (QED) is 0.598. The predicted octanol–water partition coefficient (Wildman–Crippen LogP) is 3.90. The minimum absolute atomic E-state index is 0.0141. The highest BCUT2D eigenvalue weighted by Gasteiger charge is 2.18. The van der Waals surface area contributed by atoms with E-state index in [2.05, 4.69) is 0 Å². The molecule has 0 radical (unpaired) electrons. The molecule has 1 fully saturated rings. The van der Waals surface area contributed by atoms with Gasteiger partial charge in [-0.05, 0) is 49.2 Å². The van der Waals surface area contributed by atoms with E-state index >= 15 is 0 Å². The molecular weight excluding hydrogens is 344 g/mol. The molecule has 1 unspecified atom stereocenters. The van der Waals surface area contributed by atoms with Crippen molar-refractivity contribution in [2.75, 3.05) is 13.2 Å². The zero-order valence-corrected chi connectivity index (χ0v) is 14.2. The largest absolute Gasteiger partial charge is 0.459 e. The molecule has 1 heterocycles. The fourth-order valence-electron chi connectivity index (χ4n) is 2.48. The van der Waals surface area contributed by atoms with Gasteiger partial charge in [0.2, 0.25) is 0 Å². The van der Waals surface area contributed by atoms with Gasteiger partial charge in [-0.3, -0.25) is 0 Å². The molecule has 0 aliphatic carbocycles. The van der Waals surface area contributed by atoms with E-state index in [0.717, 1.165) is 12.8 Å². The molecule has 2 aromatic carbocycles. The van der Waals surface area contributed by atoms with Crippen LogP contribution in [0.4, 0.5) is 0 Å². The van der Waals surface area contributed by atoms with Crippen LogP contribution in [0, 0.1) is 0 Å². The molecule has 1 atom stereocenters. The second kappa shape index (κ2) is 8.14. The smallest absolute Gasteiger partial charge is 0.345 e. The van der Waals surface area contributed by atoms with Crippen molar-refractivity contribution in [3.63, 3.8) is 0 Å². The molecule has 0 bridgehead atoms. The van der Waals surface area contributed by atoms with Crippen molar-refractivity contribution in [2.45, 2.75) is 18.9 Å². The van der Waals surface area contributed by atoms with Crippen molar-refractivity contribution in [1.82, 2.24) is 0 Å². The lowest BCUT2D eigenvalue weighted by Gasteiger charge is -2.10. The topological polar surface area (TPSA) is 61.8 Å². The normalized spacial score (nSPS) is 16.4. The van der Waals surface area contributed by atoms with Gasteiger partial charge in [-0.2, -0.15) is 0 Å². The van der Waals surface area contributed by atoms with Crippen molar-refractivity contribution < 1.29 is 23.8 Å². The van der Waals surface area contributed by atoms with Crippen molar-refractivity contribution in [3.05, 3.63) is 64.7 Å². The Morgan fingerprint density at radius 2 is 1.84 bits per heavy atom. The summed E-state index contributed by atoms with van der Waals surface area (Å²) >= 11 is 5.97. The number of ether oxygens (including phenoxy) is 3. The summed E-state index contributed by atoms with van der Waals surface area (Å²) < 4.78 is 15.9. The summed E-state index contributed by atoms with van der Waals surface area (Å²) in [5, 5.41) is 0.321. The van der Waals surface area contributed by atoms with Crippen molar-refractivity contribution >= 4 is 23.5 Å². The van der Waals surface area contributed by atoms with Crippen LogP contribution in [-0.4, -0.2) is 31.3 Å². The van der Waals surface area contributed by atoms with Crippen LogP contribution in [0.1, 0.15) is 33.6 Å². The van der Waals surface area contributed by atoms with Gasteiger partial charge in [0, 0.05) is 6.61 Å². The third-order valence-corrected chi connectivity index (χ3v) is 4.15. The summed E-state index contributed by atoms with van der Waals surface area (Å²) in [6.45, 7) is 0.968. The van der Waals surface area contributed by atoms with E-state index in [-0.39, 0.29) is 18.3 Å². The van der Waals surface area contributed by atoms with E-state index in [9.17, 15) is 9.59 Å². The van der Waals surface area contributed by atoms with Gasteiger partial charge in [-0.15, -0.1) is 0 Å². The van der Waals surface area contributed by atoms with Gasteiger partial charge < -0.3 is 14.2 Å². The predicted molar refractivity (Wildman–Crippen MR) is 92.1 cm³/mol. The van der Waals surface area contributed by atoms with Crippen molar-refractivity contribution in [1.29, 1.82) is 0 Å². The maximum atomic E-state index is 12.1. The van der Waals surface area contributed by atoms with Crippen LogP contribution < -0.4 is 4.74 Å². The first-order valence-corrected chi connectivity index (χ1v) is 8.37. The molecule has 3 rings (SSSR count). The number of carbonyl (C=O) groups is 2. The minimum atomic E-state index is -0.556. The van der Waals surface area contributed by atoms with Gasteiger partial charge in [-0.1, -0.05) is 23.7 Å². The third kappa shape index (κ3) is 4.59. The molecule has 5 nitrogen and oxygen atoms in total. The number of halogens is 1. The molecule has 1 aliphatic rings. The number of benzene rings is 2. The Kier molecular flexibility index (Phi) is 5.68. The molecule has 6 heteroatoms. The maximum Gasteiger partial charge on any atom is 0.345 e. The molecule has 0 aromatic heterocycles. The Labute approximate surface area is 150 Å². The highest BCUT2D eigenvalue weighted by atomic mass is 35.5. The standard InChI is InChI=1S/C19H17ClO5/c20-17-6-2-1-5-16(17)19(22)25-14-9-7-13(8-10-14)18(21)24-12-15-4-3-11-23-15/h1-2,5-10,15H,3-4,11-12H2. The molecule has 0 N–H and O–H groups in total. The van der Waals surface area contributed by atoms with E-state index in [0.29, 0.717) is 22.9 Å². The highest BCUT2D eigenvalue weighted by Crippen LogP contribution is 2.19. The molecule has 1 saturated heterocycles. The molecule has 25 heavy (non-hydrogen) atoms. The Balaban J connectivity index is 1.57. The summed E-state index contributed by atoms with van der Waals surface area (Å²) in [6, 6.07) is 12.8. The van der Waals surface area contributed by atoms with Crippen LogP contribution in [-0.2, 0) is 9.47 Å². The SMILES string of the molecule is O=C(OCC1CCCO1)c1ccc(OC(=O)c2ccccc2Cl)cc1. The fourth-order valence-corrected chi connectivity index (χ4v) is 2.69. The monoisotopic (exact) mass is 360 g/mol. The van der Waals surface area contributed by atoms with E-state index in [1.807, 2.05) is 0 Å². The first-order chi connectivity index (χ1) is 12.1. The van der Waals surface area contributed by atoms with Crippen molar-refractivity contribution in [2.24, 2.45) is 0 Å². The summed E-state index contributed by atoms with van der Waals surface area (Å²) in [6.07, 6.45) is 1.89. The van der Waals surface area contributed by atoms with E-state index in [1.54, 1.807) is 36.4 Å². The van der Waals surface area contributed by atoms with E-state index < -0.39 is 11.9 Å². The van der Waals surface area contributed by atoms with Crippen LogP contribution in [0.25, 0.3) is 0 Å². The first kappa shape index (κ1) is 17.5. The third-order valence-electron chi connectivity index (χ3n) is 3.82. The second-order valence-electron chi connectivity index (χ2n) is 5.63. The summed E-state index contributed by atoms with van der Waals surface area (Å²) in [5.74, 6) is -0.667. The lowest BCUT2D eigenvalue weighted by molar-refractivity contribution is 0.0161. The first-order valence-electron chi connectivity index (χ1n) is 7.99. The Hall–Kier alpha value is -2.37.